The number of hydrogen-bond acceptors (Lipinski definition) is 5. The summed E-state index contributed by atoms with van der Waals surface area (Å²) in [5, 5.41) is 0. The van der Waals surface area contributed by atoms with Crippen LogP contribution in [0.4, 0.5) is 11.4 Å². The maximum atomic E-state index is 12.8. The van der Waals surface area contributed by atoms with Crippen molar-refractivity contribution in [2.24, 2.45) is 4.99 Å². The summed E-state index contributed by atoms with van der Waals surface area (Å²) in [4.78, 5) is 22.2. The number of carbonyl (C=O) groups excluding carboxylic acids is 1. The van der Waals surface area contributed by atoms with E-state index in [1.807, 2.05) is 43.3 Å². The van der Waals surface area contributed by atoms with Gasteiger partial charge in [-0.25, -0.2) is 4.31 Å². The average Bonchev–Trinajstić information content (AvgIpc) is 3.17. The number of carbonyl (C=O) groups is 1. The smallest absolute Gasteiger partial charge is 0.255 e. The van der Waals surface area contributed by atoms with E-state index in [4.69, 9.17) is 0 Å². The minimum Gasteiger partial charge on any atom is -0.369 e. The fourth-order valence-corrected chi connectivity index (χ4v) is 4.49. The SMILES string of the molecule is C=Nc1ccccc1C(=O)N(C)CCN1CCc2cc(SN(CC)CC)ccc21. The van der Waals surface area contributed by atoms with Crippen LogP contribution in [0, 0.1) is 0 Å². The van der Waals surface area contributed by atoms with Gasteiger partial charge in [0.2, 0.25) is 0 Å². The van der Waals surface area contributed by atoms with Crippen molar-refractivity contribution >= 4 is 35.9 Å². The standard InChI is InChI=1S/C23H30N4OS/c1-5-27(6-2)29-19-11-12-22-18(17-19)13-14-26(22)16-15-25(4)23(28)20-9-7-8-10-21(20)24-3/h7-12,17H,3,5-6,13-16H2,1-2,4H3. The van der Waals surface area contributed by atoms with E-state index in [1.165, 1.54) is 16.1 Å². The lowest BCUT2D eigenvalue weighted by Crippen LogP contribution is -2.35. The number of anilines is 1. The van der Waals surface area contributed by atoms with Gasteiger partial charge in [0.1, 0.15) is 0 Å². The van der Waals surface area contributed by atoms with Crippen LogP contribution in [0.5, 0.6) is 0 Å². The molecule has 2 aromatic rings. The van der Waals surface area contributed by atoms with Gasteiger partial charge in [-0.05, 0) is 61.0 Å². The Morgan fingerprint density at radius 1 is 1.21 bits per heavy atom. The van der Waals surface area contributed by atoms with Crippen molar-refractivity contribution in [1.29, 1.82) is 0 Å². The molecule has 1 amide bonds. The molecule has 0 saturated heterocycles. The maximum Gasteiger partial charge on any atom is 0.255 e. The van der Waals surface area contributed by atoms with E-state index < -0.39 is 0 Å². The predicted octanol–water partition coefficient (Wildman–Crippen LogP) is 4.50. The zero-order chi connectivity index (χ0) is 20.8. The summed E-state index contributed by atoms with van der Waals surface area (Å²) in [5.41, 5.74) is 3.93. The van der Waals surface area contributed by atoms with E-state index in [9.17, 15) is 4.79 Å². The number of amides is 1. The molecule has 2 aromatic carbocycles. The molecule has 6 heteroatoms. The molecule has 0 aliphatic carbocycles. The molecule has 0 unspecified atom stereocenters. The van der Waals surface area contributed by atoms with Gasteiger partial charge in [0.15, 0.2) is 0 Å². The second-order valence-electron chi connectivity index (χ2n) is 7.14. The minimum absolute atomic E-state index is 0.0154. The Balaban J connectivity index is 1.61. The predicted molar refractivity (Wildman–Crippen MR) is 124 cm³/mol. The summed E-state index contributed by atoms with van der Waals surface area (Å²) in [6.45, 7) is 12.5. The van der Waals surface area contributed by atoms with Crippen LogP contribution < -0.4 is 4.90 Å². The van der Waals surface area contributed by atoms with Gasteiger partial charge in [-0.15, -0.1) is 0 Å². The first-order chi connectivity index (χ1) is 14.1. The molecule has 1 heterocycles. The summed E-state index contributed by atoms with van der Waals surface area (Å²) in [6.07, 6.45) is 1.06. The van der Waals surface area contributed by atoms with Gasteiger partial charge in [0.05, 0.1) is 11.3 Å². The molecule has 5 nitrogen and oxygen atoms in total. The molecule has 0 atom stereocenters. The van der Waals surface area contributed by atoms with Crippen LogP contribution in [-0.4, -0.2) is 61.6 Å². The normalized spacial score (nSPS) is 12.9. The highest BCUT2D eigenvalue weighted by atomic mass is 32.2. The third kappa shape index (κ3) is 5.00. The quantitative estimate of drug-likeness (QED) is 0.451. The number of para-hydroxylation sites is 1. The van der Waals surface area contributed by atoms with Crippen LogP contribution in [-0.2, 0) is 6.42 Å². The van der Waals surface area contributed by atoms with Crippen LogP contribution >= 0.6 is 11.9 Å². The first-order valence-corrected chi connectivity index (χ1v) is 11.0. The lowest BCUT2D eigenvalue weighted by Gasteiger charge is -2.24. The van der Waals surface area contributed by atoms with Crippen molar-refractivity contribution in [1.82, 2.24) is 9.21 Å². The Kier molecular flexibility index (Phi) is 7.34. The van der Waals surface area contributed by atoms with Crippen molar-refractivity contribution in [3.8, 4) is 0 Å². The Morgan fingerprint density at radius 3 is 2.69 bits per heavy atom. The third-order valence-corrected chi connectivity index (χ3v) is 6.58. The molecule has 154 valence electrons. The van der Waals surface area contributed by atoms with Crippen LogP contribution in [0.1, 0.15) is 29.8 Å². The van der Waals surface area contributed by atoms with Gasteiger partial charge >= 0.3 is 0 Å². The molecular weight excluding hydrogens is 380 g/mol. The van der Waals surface area contributed by atoms with Crippen molar-refractivity contribution in [2.45, 2.75) is 25.2 Å². The number of rotatable bonds is 9. The summed E-state index contributed by atoms with van der Waals surface area (Å²) in [7, 11) is 1.85. The lowest BCUT2D eigenvalue weighted by atomic mass is 10.1. The number of benzene rings is 2. The lowest BCUT2D eigenvalue weighted by molar-refractivity contribution is 0.0799. The molecule has 1 aliphatic heterocycles. The monoisotopic (exact) mass is 410 g/mol. The molecule has 3 rings (SSSR count). The number of nitrogens with zero attached hydrogens (tertiary/aromatic N) is 4. The Bertz CT molecular complexity index is 866. The highest BCUT2D eigenvalue weighted by Crippen LogP contribution is 2.33. The van der Waals surface area contributed by atoms with Gasteiger partial charge in [0.25, 0.3) is 5.91 Å². The second-order valence-corrected chi connectivity index (χ2v) is 8.31. The fraction of sp³-hybridized carbons (Fsp3) is 0.391. The molecular formula is C23H30N4OS. The van der Waals surface area contributed by atoms with Gasteiger partial charge in [-0.1, -0.05) is 26.0 Å². The number of hydrogen-bond donors (Lipinski definition) is 0. The van der Waals surface area contributed by atoms with Crippen molar-refractivity contribution in [3.05, 3.63) is 53.6 Å². The summed E-state index contributed by atoms with van der Waals surface area (Å²) in [6, 6.07) is 14.1. The average molecular weight is 411 g/mol. The van der Waals surface area contributed by atoms with Gasteiger partial charge in [-0.2, -0.15) is 0 Å². The van der Waals surface area contributed by atoms with Gasteiger partial charge in [0, 0.05) is 50.4 Å². The molecule has 1 aliphatic rings. The molecule has 0 fully saturated rings. The molecule has 0 saturated carbocycles. The summed E-state index contributed by atoms with van der Waals surface area (Å²) >= 11 is 1.83. The Morgan fingerprint density at radius 2 is 1.97 bits per heavy atom. The molecule has 0 aromatic heterocycles. The fourth-order valence-electron chi connectivity index (χ4n) is 3.61. The van der Waals surface area contributed by atoms with Crippen LogP contribution in [0.3, 0.4) is 0 Å². The van der Waals surface area contributed by atoms with E-state index >= 15 is 0 Å². The van der Waals surface area contributed by atoms with Crippen molar-refractivity contribution < 1.29 is 4.79 Å². The topological polar surface area (TPSA) is 39.2 Å². The van der Waals surface area contributed by atoms with Crippen molar-refractivity contribution in [2.75, 3.05) is 44.7 Å². The first-order valence-electron chi connectivity index (χ1n) is 10.2. The molecule has 0 bridgehead atoms. The number of fused-ring (bicyclic) bond motifs is 1. The zero-order valence-corrected chi connectivity index (χ0v) is 18.4. The Labute approximate surface area is 178 Å². The molecule has 0 radical (unpaired) electrons. The summed E-state index contributed by atoms with van der Waals surface area (Å²) < 4.78 is 2.35. The first kappa shape index (κ1) is 21.4. The largest absolute Gasteiger partial charge is 0.369 e. The highest BCUT2D eigenvalue weighted by molar-refractivity contribution is 7.97. The number of aliphatic imine (C=N–C) groups is 1. The van der Waals surface area contributed by atoms with E-state index in [-0.39, 0.29) is 5.91 Å². The molecule has 0 spiro atoms. The summed E-state index contributed by atoms with van der Waals surface area (Å²) in [5.74, 6) is -0.0154. The van der Waals surface area contributed by atoms with E-state index in [0.717, 1.165) is 32.6 Å². The van der Waals surface area contributed by atoms with Gasteiger partial charge in [-0.3, -0.25) is 9.79 Å². The number of likely N-dealkylation sites (N-methyl/N-ethyl adjacent to an activating group) is 1. The van der Waals surface area contributed by atoms with E-state index in [0.29, 0.717) is 17.8 Å². The van der Waals surface area contributed by atoms with E-state index in [1.54, 1.807) is 4.90 Å². The maximum absolute atomic E-state index is 12.8. The highest BCUT2D eigenvalue weighted by Gasteiger charge is 2.21. The van der Waals surface area contributed by atoms with Crippen LogP contribution in [0.2, 0.25) is 0 Å². The second kappa shape index (κ2) is 9.94. The van der Waals surface area contributed by atoms with E-state index in [2.05, 4.69) is 53.0 Å². The Hall–Kier alpha value is -2.31. The van der Waals surface area contributed by atoms with Gasteiger partial charge < -0.3 is 9.80 Å². The zero-order valence-electron chi connectivity index (χ0n) is 17.6. The van der Waals surface area contributed by atoms with Crippen LogP contribution in [0.15, 0.2) is 52.4 Å². The van der Waals surface area contributed by atoms with Crippen LogP contribution in [0.25, 0.3) is 0 Å². The molecule has 29 heavy (non-hydrogen) atoms. The molecule has 0 N–H and O–H groups in total. The minimum atomic E-state index is -0.0154. The van der Waals surface area contributed by atoms with Crippen molar-refractivity contribution in [3.63, 3.8) is 0 Å². The third-order valence-electron chi connectivity index (χ3n) is 5.34.